The van der Waals surface area contributed by atoms with E-state index >= 15 is 0 Å². The number of alkyl halides is 1. The zero-order valence-electron chi connectivity index (χ0n) is 5.18. The number of fused-ring (bicyclic) bond motifs is 1. The summed E-state index contributed by atoms with van der Waals surface area (Å²) in [6.45, 7) is 0. The molecule has 0 unspecified atom stereocenters. The SMILES string of the molecule is [N-]=[N+]=N[C@H]1C=C[C@H]2[C@@H](F)[C@H]21. The van der Waals surface area contributed by atoms with Crippen LogP contribution >= 0.6 is 0 Å². The first-order valence-electron chi connectivity index (χ1n) is 3.21. The van der Waals surface area contributed by atoms with Crippen LogP contribution in [-0.2, 0) is 0 Å². The Morgan fingerprint density at radius 3 is 2.80 bits per heavy atom. The van der Waals surface area contributed by atoms with Gasteiger partial charge in [0.05, 0.1) is 6.04 Å². The number of halogens is 1. The largest absolute Gasteiger partial charge is 0.246 e. The van der Waals surface area contributed by atoms with Crippen LogP contribution in [0.25, 0.3) is 10.4 Å². The lowest BCUT2D eigenvalue weighted by Gasteiger charge is -1.96. The van der Waals surface area contributed by atoms with E-state index in [0.717, 1.165) is 0 Å². The first-order chi connectivity index (χ1) is 4.84. The molecule has 4 atom stereocenters. The molecule has 0 amide bonds. The van der Waals surface area contributed by atoms with Gasteiger partial charge in [0, 0.05) is 16.7 Å². The molecule has 0 aromatic carbocycles. The average Bonchev–Trinajstić information content (AvgIpc) is 2.42. The minimum atomic E-state index is -0.750. The zero-order chi connectivity index (χ0) is 7.14. The van der Waals surface area contributed by atoms with E-state index < -0.39 is 6.17 Å². The van der Waals surface area contributed by atoms with E-state index in [9.17, 15) is 4.39 Å². The van der Waals surface area contributed by atoms with E-state index in [1.54, 1.807) is 12.2 Å². The Morgan fingerprint density at radius 2 is 2.30 bits per heavy atom. The van der Waals surface area contributed by atoms with Crippen molar-refractivity contribution in [2.45, 2.75) is 12.2 Å². The molecule has 0 aliphatic heterocycles. The molecule has 3 nitrogen and oxygen atoms in total. The van der Waals surface area contributed by atoms with Crippen molar-refractivity contribution in [1.29, 1.82) is 0 Å². The molecule has 0 saturated heterocycles. The average molecular weight is 139 g/mol. The Balaban J connectivity index is 2.14. The Kier molecular flexibility index (Phi) is 0.995. The zero-order valence-corrected chi connectivity index (χ0v) is 5.18. The van der Waals surface area contributed by atoms with Gasteiger partial charge in [0.2, 0.25) is 0 Å². The van der Waals surface area contributed by atoms with Gasteiger partial charge in [0.1, 0.15) is 6.17 Å². The summed E-state index contributed by atoms with van der Waals surface area (Å²) in [5.41, 5.74) is 8.05. The second-order valence-electron chi connectivity index (χ2n) is 2.68. The molecule has 2 aliphatic carbocycles. The predicted octanol–water partition coefficient (Wildman–Crippen LogP) is 1.82. The van der Waals surface area contributed by atoms with Crippen LogP contribution in [0, 0.1) is 11.8 Å². The maximum Gasteiger partial charge on any atom is 0.111 e. The predicted molar refractivity (Wildman–Crippen MR) is 33.9 cm³/mol. The van der Waals surface area contributed by atoms with Crippen LogP contribution in [0.2, 0.25) is 0 Å². The first kappa shape index (κ1) is 5.74. The second-order valence-corrected chi connectivity index (χ2v) is 2.68. The summed E-state index contributed by atoms with van der Waals surface area (Å²) in [6, 6.07) is -0.218. The minimum Gasteiger partial charge on any atom is -0.246 e. The molecule has 0 aromatic heterocycles. The quantitative estimate of drug-likeness (QED) is 0.230. The molecule has 0 heterocycles. The van der Waals surface area contributed by atoms with Gasteiger partial charge in [-0.1, -0.05) is 17.3 Å². The fourth-order valence-corrected chi connectivity index (χ4v) is 1.51. The van der Waals surface area contributed by atoms with Gasteiger partial charge in [-0.2, -0.15) is 0 Å². The second kappa shape index (κ2) is 1.73. The molecule has 0 bridgehead atoms. The van der Waals surface area contributed by atoms with Crippen LogP contribution in [-0.4, -0.2) is 12.2 Å². The van der Waals surface area contributed by atoms with Crippen molar-refractivity contribution in [2.75, 3.05) is 0 Å². The van der Waals surface area contributed by atoms with Crippen LogP contribution in [0.3, 0.4) is 0 Å². The highest BCUT2D eigenvalue weighted by Gasteiger charge is 2.55. The summed E-state index contributed by atoms with van der Waals surface area (Å²) >= 11 is 0. The van der Waals surface area contributed by atoms with Crippen molar-refractivity contribution in [3.05, 3.63) is 22.6 Å². The Morgan fingerprint density at radius 1 is 1.50 bits per heavy atom. The molecule has 0 aromatic rings. The number of allylic oxidation sites excluding steroid dienone is 1. The third-order valence-corrected chi connectivity index (χ3v) is 2.15. The van der Waals surface area contributed by atoms with Crippen LogP contribution in [0.5, 0.6) is 0 Å². The van der Waals surface area contributed by atoms with Crippen molar-refractivity contribution in [3.63, 3.8) is 0 Å². The third kappa shape index (κ3) is 0.567. The number of nitrogens with zero attached hydrogens (tertiary/aromatic N) is 3. The summed E-state index contributed by atoms with van der Waals surface area (Å²) < 4.78 is 12.6. The lowest BCUT2D eigenvalue weighted by atomic mass is 10.2. The summed E-state index contributed by atoms with van der Waals surface area (Å²) in [4.78, 5) is 2.64. The van der Waals surface area contributed by atoms with E-state index in [0.29, 0.717) is 0 Å². The normalized spacial score (nSPS) is 48.1. The fraction of sp³-hybridized carbons (Fsp3) is 0.667. The molecule has 1 fully saturated rings. The summed E-state index contributed by atoms with van der Waals surface area (Å²) in [5.74, 6) is 0.0198. The third-order valence-electron chi connectivity index (χ3n) is 2.15. The highest BCUT2D eigenvalue weighted by Crippen LogP contribution is 2.51. The molecule has 52 valence electrons. The number of rotatable bonds is 1. The highest BCUT2D eigenvalue weighted by molar-refractivity contribution is 5.25. The molecule has 4 heteroatoms. The van der Waals surface area contributed by atoms with Crippen molar-refractivity contribution in [3.8, 4) is 0 Å². The van der Waals surface area contributed by atoms with Crippen molar-refractivity contribution < 1.29 is 4.39 Å². The summed E-state index contributed by atoms with van der Waals surface area (Å²) in [5, 5.41) is 3.45. The monoisotopic (exact) mass is 139 g/mol. The lowest BCUT2D eigenvalue weighted by molar-refractivity contribution is 0.425. The van der Waals surface area contributed by atoms with E-state index in [2.05, 4.69) is 10.0 Å². The van der Waals surface area contributed by atoms with E-state index in [4.69, 9.17) is 5.53 Å². The number of hydrogen-bond acceptors (Lipinski definition) is 1. The van der Waals surface area contributed by atoms with Gasteiger partial charge in [-0.3, -0.25) is 0 Å². The van der Waals surface area contributed by atoms with Gasteiger partial charge in [-0.15, -0.1) is 0 Å². The number of hydrogen-bond donors (Lipinski definition) is 0. The molecule has 2 rings (SSSR count). The topological polar surface area (TPSA) is 48.8 Å². The molecule has 0 spiro atoms. The molecule has 0 N–H and O–H groups in total. The van der Waals surface area contributed by atoms with Crippen LogP contribution in [0.1, 0.15) is 0 Å². The van der Waals surface area contributed by atoms with Gasteiger partial charge in [0.15, 0.2) is 0 Å². The minimum absolute atomic E-state index is 0.0316. The van der Waals surface area contributed by atoms with Gasteiger partial charge in [-0.25, -0.2) is 4.39 Å². The fourth-order valence-electron chi connectivity index (χ4n) is 1.51. The first-order valence-corrected chi connectivity index (χ1v) is 3.21. The van der Waals surface area contributed by atoms with Crippen LogP contribution in [0.4, 0.5) is 4.39 Å². The molecular weight excluding hydrogens is 133 g/mol. The van der Waals surface area contributed by atoms with Crippen molar-refractivity contribution >= 4 is 0 Å². The molecule has 10 heavy (non-hydrogen) atoms. The van der Waals surface area contributed by atoms with Crippen LogP contribution in [0.15, 0.2) is 17.3 Å². The highest BCUT2D eigenvalue weighted by atomic mass is 19.1. The summed E-state index contributed by atoms with van der Waals surface area (Å²) in [7, 11) is 0. The number of azide groups is 1. The van der Waals surface area contributed by atoms with Crippen molar-refractivity contribution in [1.82, 2.24) is 0 Å². The Hall–Kier alpha value is -1.02. The standard InChI is InChI=1S/C6H6FN3/c7-6-3-1-2-4(5(3)6)9-10-8/h1-6H/t3-,4+,5-,6-/m1/s1. The maximum atomic E-state index is 12.6. The van der Waals surface area contributed by atoms with E-state index in [-0.39, 0.29) is 17.9 Å². The van der Waals surface area contributed by atoms with Gasteiger partial charge < -0.3 is 0 Å². The van der Waals surface area contributed by atoms with Crippen molar-refractivity contribution in [2.24, 2.45) is 17.0 Å². The van der Waals surface area contributed by atoms with Gasteiger partial charge >= 0.3 is 0 Å². The molecular formula is C6H6FN3. The molecule has 0 radical (unpaired) electrons. The Bertz CT molecular complexity index is 231. The van der Waals surface area contributed by atoms with Crippen LogP contribution < -0.4 is 0 Å². The molecule has 2 aliphatic rings. The Labute approximate surface area is 57.2 Å². The van der Waals surface area contributed by atoms with Gasteiger partial charge in [0.25, 0.3) is 0 Å². The lowest BCUT2D eigenvalue weighted by Crippen LogP contribution is -2.01. The maximum absolute atomic E-state index is 12.6. The molecule has 1 saturated carbocycles. The van der Waals surface area contributed by atoms with E-state index in [1.165, 1.54) is 0 Å². The van der Waals surface area contributed by atoms with Gasteiger partial charge in [-0.05, 0) is 5.53 Å². The smallest absolute Gasteiger partial charge is 0.111 e. The summed E-state index contributed by atoms with van der Waals surface area (Å²) in [6.07, 6.45) is 2.83. The van der Waals surface area contributed by atoms with E-state index in [1.807, 2.05) is 0 Å².